The smallest absolute Gasteiger partial charge is 0.306 e. The molecular formula is C17H17Cl2NO3S. The first-order valence-corrected chi connectivity index (χ1v) is 9.07. The number of carbonyl (C=O) groups is 2. The predicted molar refractivity (Wildman–Crippen MR) is 97.9 cm³/mol. The molecule has 0 aliphatic rings. The third-order valence-electron chi connectivity index (χ3n) is 3.25. The van der Waals surface area contributed by atoms with Crippen molar-refractivity contribution in [2.24, 2.45) is 0 Å². The van der Waals surface area contributed by atoms with Gasteiger partial charge in [0.1, 0.15) is 0 Å². The monoisotopic (exact) mass is 385 g/mol. The topological polar surface area (TPSA) is 55.4 Å². The predicted octanol–water partition coefficient (Wildman–Crippen LogP) is 4.95. The van der Waals surface area contributed by atoms with E-state index in [-0.39, 0.29) is 6.42 Å². The molecule has 0 saturated carbocycles. The van der Waals surface area contributed by atoms with Crippen molar-refractivity contribution in [2.45, 2.75) is 32.3 Å². The number of nitrogens with one attached hydrogen (secondary N) is 1. The Morgan fingerprint density at radius 2 is 2.08 bits per heavy atom. The summed E-state index contributed by atoms with van der Waals surface area (Å²) in [5, 5.41) is 5.42. The number of esters is 1. The van der Waals surface area contributed by atoms with Crippen molar-refractivity contribution in [1.29, 1.82) is 0 Å². The molecule has 2 rings (SSSR count). The minimum Gasteiger partial charge on any atom is -0.453 e. The van der Waals surface area contributed by atoms with Gasteiger partial charge in [-0.3, -0.25) is 9.59 Å². The summed E-state index contributed by atoms with van der Waals surface area (Å²) in [6.45, 7) is 1.52. The van der Waals surface area contributed by atoms with Crippen molar-refractivity contribution in [1.82, 2.24) is 0 Å². The number of rotatable bonds is 7. The molecule has 1 atom stereocenters. The molecule has 1 N–H and O–H groups in total. The second-order valence-corrected chi connectivity index (χ2v) is 7.05. The Morgan fingerprint density at radius 1 is 1.29 bits per heavy atom. The van der Waals surface area contributed by atoms with Gasteiger partial charge in [0.05, 0.1) is 10.7 Å². The first-order valence-electron chi connectivity index (χ1n) is 7.43. The molecule has 0 aliphatic heterocycles. The molecule has 0 saturated heterocycles. The zero-order valence-corrected chi connectivity index (χ0v) is 15.4. The average molecular weight is 386 g/mol. The zero-order chi connectivity index (χ0) is 17.5. The van der Waals surface area contributed by atoms with Crippen LogP contribution >= 0.6 is 34.5 Å². The summed E-state index contributed by atoms with van der Waals surface area (Å²) in [6.07, 6.45) is 0.876. The molecule has 0 aliphatic carbocycles. The van der Waals surface area contributed by atoms with E-state index in [9.17, 15) is 9.59 Å². The average Bonchev–Trinajstić information content (AvgIpc) is 3.04. The Labute approximate surface area is 154 Å². The lowest BCUT2D eigenvalue weighted by Gasteiger charge is -2.14. The van der Waals surface area contributed by atoms with Gasteiger partial charge in [-0.05, 0) is 49.4 Å². The summed E-state index contributed by atoms with van der Waals surface area (Å²) < 4.78 is 5.15. The Bertz CT molecular complexity index is 704. The largest absolute Gasteiger partial charge is 0.453 e. The van der Waals surface area contributed by atoms with E-state index in [1.54, 1.807) is 23.5 Å². The second kappa shape index (κ2) is 9.06. The quantitative estimate of drug-likeness (QED) is 0.686. The minimum atomic E-state index is -0.908. The Hall–Kier alpha value is -1.56. The van der Waals surface area contributed by atoms with E-state index in [4.69, 9.17) is 27.9 Å². The van der Waals surface area contributed by atoms with Crippen molar-refractivity contribution in [3.63, 3.8) is 0 Å². The molecule has 0 bridgehead atoms. The number of amides is 1. The molecule has 2 aromatic rings. The van der Waals surface area contributed by atoms with E-state index in [1.807, 2.05) is 17.5 Å². The number of benzene rings is 1. The number of thiophene rings is 1. The molecule has 0 unspecified atom stereocenters. The number of anilines is 1. The fourth-order valence-electron chi connectivity index (χ4n) is 2.00. The molecule has 1 aromatic carbocycles. The minimum absolute atomic E-state index is 0.271. The highest BCUT2D eigenvalue weighted by atomic mass is 35.5. The van der Waals surface area contributed by atoms with Crippen molar-refractivity contribution < 1.29 is 14.3 Å². The summed E-state index contributed by atoms with van der Waals surface area (Å²) in [5.41, 5.74) is 0.384. The summed E-state index contributed by atoms with van der Waals surface area (Å²) in [7, 11) is 0. The highest BCUT2D eigenvalue weighted by Gasteiger charge is 2.18. The first kappa shape index (κ1) is 18.8. The van der Waals surface area contributed by atoms with Crippen LogP contribution in [-0.2, 0) is 20.7 Å². The van der Waals surface area contributed by atoms with Gasteiger partial charge in [-0.1, -0.05) is 29.3 Å². The first-order chi connectivity index (χ1) is 11.5. The Balaban J connectivity index is 1.78. The van der Waals surface area contributed by atoms with Crippen LogP contribution in [0.15, 0.2) is 35.7 Å². The van der Waals surface area contributed by atoms with Crippen molar-refractivity contribution in [3.05, 3.63) is 50.6 Å². The normalized spacial score (nSPS) is 11.8. The molecule has 4 nitrogen and oxygen atoms in total. The van der Waals surface area contributed by atoms with E-state index in [1.165, 1.54) is 17.9 Å². The number of halogens is 2. The van der Waals surface area contributed by atoms with Crippen LogP contribution in [-0.4, -0.2) is 18.0 Å². The van der Waals surface area contributed by atoms with Gasteiger partial charge in [-0.2, -0.15) is 0 Å². The van der Waals surface area contributed by atoms with E-state index < -0.39 is 18.0 Å². The zero-order valence-electron chi connectivity index (χ0n) is 13.1. The lowest BCUT2D eigenvalue weighted by atomic mass is 10.2. The molecule has 0 radical (unpaired) electrons. The van der Waals surface area contributed by atoms with Gasteiger partial charge in [0.2, 0.25) is 0 Å². The maximum atomic E-state index is 12.1. The number of aryl methyl sites for hydroxylation is 1. The van der Waals surface area contributed by atoms with Crippen LogP contribution < -0.4 is 5.32 Å². The lowest BCUT2D eigenvalue weighted by Crippen LogP contribution is -2.30. The van der Waals surface area contributed by atoms with E-state index in [0.717, 1.165) is 6.42 Å². The summed E-state index contributed by atoms with van der Waals surface area (Å²) in [4.78, 5) is 25.1. The number of carbonyl (C=O) groups excluding carboxylic acids is 2. The highest BCUT2D eigenvalue weighted by Crippen LogP contribution is 2.25. The lowest BCUT2D eigenvalue weighted by molar-refractivity contribution is -0.153. The highest BCUT2D eigenvalue weighted by molar-refractivity contribution is 7.09. The molecular weight excluding hydrogens is 369 g/mol. The van der Waals surface area contributed by atoms with Crippen LogP contribution in [0.5, 0.6) is 0 Å². The summed E-state index contributed by atoms with van der Waals surface area (Å²) >= 11 is 13.5. The number of hydrogen-bond donors (Lipinski definition) is 1. The van der Waals surface area contributed by atoms with Crippen molar-refractivity contribution in [2.75, 3.05) is 5.32 Å². The van der Waals surface area contributed by atoms with Crippen LogP contribution in [0.2, 0.25) is 10.0 Å². The molecule has 1 amide bonds. The van der Waals surface area contributed by atoms with Crippen LogP contribution in [0.3, 0.4) is 0 Å². The third-order valence-corrected chi connectivity index (χ3v) is 4.75. The fourth-order valence-corrected chi connectivity index (χ4v) is 3.09. The number of hydrogen-bond acceptors (Lipinski definition) is 4. The second-order valence-electron chi connectivity index (χ2n) is 5.18. The maximum Gasteiger partial charge on any atom is 0.306 e. The third kappa shape index (κ3) is 5.82. The molecule has 128 valence electrons. The fraction of sp³-hybridized carbons (Fsp3) is 0.294. The van der Waals surface area contributed by atoms with E-state index >= 15 is 0 Å². The van der Waals surface area contributed by atoms with Crippen molar-refractivity contribution >= 4 is 52.1 Å². The standard InChI is InChI=1S/C17H17Cl2NO3S/c1-11(17(22)20-15-10-12(18)7-8-14(15)19)23-16(21)6-2-4-13-5-3-9-24-13/h3,5,7-11H,2,4,6H2,1H3,(H,20,22)/t11-/m1/s1. The van der Waals surface area contributed by atoms with Gasteiger partial charge in [-0.15, -0.1) is 11.3 Å². The van der Waals surface area contributed by atoms with Crippen molar-refractivity contribution in [3.8, 4) is 0 Å². The molecule has 0 spiro atoms. The molecule has 0 fully saturated rings. The van der Waals surface area contributed by atoms with E-state index in [0.29, 0.717) is 22.2 Å². The van der Waals surface area contributed by atoms with Gasteiger partial charge in [0, 0.05) is 16.3 Å². The van der Waals surface area contributed by atoms with Gasteiger partial charge >= 0.3 is 5.97 Å². The molecule has 7 heteroatoms. The van der Waals surface area contributed by atoms with Gasteiger partial charge in [0.15, 0.2) is 6.10 Å². The summed E-state index contributed by atoms with van der Waals surface area (Å²) in [5.74, 6) is -0.850. The maximum absolute atomic E-state index is 12.1. The number of ether oxygens (including phenoxy) is 1. The molecule has 1 aromatic heterocycles. The SMILES string of the molecule is C[C@@H](OC(=O)CCCc1cccs1)C(=O)Nc1cc(Cl)ccc1Cl. The van der Waals surface area contributed by atoms with Gasteiger partial charge in [0.25, 0.3) is 5.91 Å². The van der Waals surface area contributed by atoms with Gasteiger partial charge in [-0.25, -0.2) is 0 Å². The van der Waals surface area contributed by atoms with Crippen LogP contribution in [0.1, 0.15) is 24.6 Å². The van der Waals surface area contributed by atoms with Crippen LogP contribution in [0, 0.1) is 0 Å². The molecule has 24 heavy (non-hydrogen) atoms. The molecule has 1 heterocycles. The Morgan fingerprint density at radius 3 is 2.79 bits per heavy atom. The van der Waals surface area contributed by atoms with Gasteiger partial charge < -0.3 is 10.1 Å². The van der Waals surface area contributed by atoms with Crippen LogP contribution in [0.4, 0.5) is 5.69 Å². The summed E-state index contributed by atoms with van der Waals surface area (Å²) in [6, 6.07) is 8.75. The van der Waals surface area contributed by atoms with E-state index in [2.05, 4.69) is 5.32 Å². The Kier molecular flexibility index (Phi) is 7.09. The van der Waals surface area contributed by atoms with Crippen LogP contribution in [0.25, 0.3) is 0 Å².